The molecular weight excluding hydrogens is 286 g/mol. The zero-order valence-corrected chi connectivity index (χ0v) is 13.1. The summed E-state index contributed by atoms with van der Waals surface area (Å²) >= 11 is 0. The molecule has 1 heterocycles. The van der Waals surface area contributed by atoms with E-state index in [0.29, 0.717) is 6.61 Å². The Hall–Kier alpha value is -2.08. The van der Waals surface area contributed by atoms with Gasteiger partial charge in [-0.05, 0) is 26.3 Å². The lowest BCUT2D eigenvalue weighted by molar-refractivity contribution is -0.140. The quantitative estimate of drug-likeness (QED) is 0.799. The maximum Gasteiger partial charge on any atom is 0.413 e. The van der Waals surface area contributed by atoms with Crippen LogP contribution in [0.2, 0.25) is 0 Å². The standard InChI is InChI=1S/C16H21NO5/c1-16(2,3)22-15(19)17-11-21-14(18)13(17)10-20-9-12-7-5-4-6-8-12/h4-8,13H,9-11H2,1-3H3. The van der Waals surface area contributed by atoms with E-state index in [-0.39, 0.29) is 13.3 Å². The Balaban J connectivity index is 1.89. The van der Waals surface area contributed by atoms with Crippen molar-refractivity contribution < 1.29 is 23.8 Å². The highest BCUT2D eigenvalue weighted by Gasteiger charge is 2.40. The minimum absolute atomic E-state index is 0.0764. The maximum atomic E-state index is 12.1. The molecule has 0 aromatic heterocycles. The third kappa shape index (κ3) is 4.46. The Morgan fingerprint density at radius 1 is 1.32 bits per heavy atom. The second-order valence-corrected chi connectivity index (χ2v) is 6.06. The fourth-order valence-corrected chi connectivity index (χ4v) is 1.97. The van der Waals surface area contributed by atoms with Gasteiger partial charge in [-0.3, -0.25) is 4.90 Å². The highest BCUT2D eigenvalue weighted by atomic mass is 16.6. The van der Waals surface area contributed by atoms with Crippen molar-refractivity contribution in [3.05, 3.63) is 35.9 Å². The van der Waals surface area contributed by atoms with Crippen LogP contribution in [-0.4, -0.2) is 41.9 Å². The molecule has 1 aromatic rings. The van der Waals surface area contributed by atoms with Crippen molar-refractivity contribution in [1.82, 2.24) is 4.90 Å². The Labute approximate surface area is 129 Å². The van der Waals surface area contributed by atoms with Crippen LogP contribution in [0, 0.1) is 0 Å². The van der Waals surface area contributed by atoms with Crippen LogP contribution < -0.4 is 0 Å². The molecule has 6 heteroatoms. The van der Waals surface area contributed by atoms with Gasteiger partial charge in [0.05, 0.1) is 13.2 Å². The molecule has 0 bridgehead atoms. The molecule has 2 rings (SSSR count). The molecule has 1 amide bonds. The smallest absolute Gasteiger partial charge is 0.413 e. The first kappa shape index (κ1) is 16.3. The minimum Gasteiger partial charge on any atom is -0.444 e. The summed E-state index contributed by atoms with van der Waals surface area (Å²) in [5.74, 6) is -0.473. The lowest BCUT2D eigenvalue weighted by atomic mass is 10.2. The van der Waals surface area contributed by atoms with Gasteiger partial charge in [-0.1, -0.05) is 30.3 Å². The summed E-state index contributed by atoms with van der Waals surface area (Å²) in [4.78, 5) is 25.1. The van der Waals surface area contributed by atoms with Gasteiger partial charge in [-0.2, -0.15) is 0 Å². The summed E-state index contributed by atoms with van der Waals surface area (Å²) in [6.45, 7) is 5.65. The number of hydrogen-bond acceptors (Lipinski definition) is 5. The molecule has 1 fully saturated rings. The normalized spacial score (nSPS) is 18.2. The van der Waals surface area contributed by atoms with E-state index < -0.39 is 23.7 Å². The monoisotopic (exact) mass is 307 g/mol. The number of rotatable bonds is 4. The molecule has 1 aliphatic heterocycles. The average Bonchev–Trinajstić information content (AvgIpc) is 2.80. The number of esters is 1. The summed E-state index contributed by atoms with van der Waals surface area (Å²) in [5.41, 5.74) is 0.371. The molecule has 0 spiro atoms. The first-order valence-electron chi connectivity index (χ1n) is 7.15. The number of hydrogen-bond donors (Lipinski definition) is 0. The van der Waals surface area contributed by atoms with Crippen molar-refractivity contribution in [1.29, 1.82) is 0 Å². The molecular formula is C16H21NO5. The van der Waals surface area contributed by atoms with Gasteiger partial charge in [-0.25, -0.2) is 9.59 Å². The van der Waals surface area contributed by atoms with Crippen molar-refractivity contribution >= 4 is 12.1 Å². The van der Waals surface area contributed by atoms with E-state index in [2.05, 4.69) is 0 Å². The van der Waals surface area contributed by atoms with Crippen LogP contribution in [0.15, 0.2) is 30.3 Å². The van der Waals surface area contributed by atoms with Crippen molar-refractivity contribution in [2.45, 2.75) is 39.0 Å². The minimum atomic E-state index is -0.765. The third-order valence-electron chi connectivity index (χ3n) is 3.01. The Kier molecular flexibility index (Phi) is 5.03. The molecule has 1 unspecified atom stereocenters. The maximum absolute atomic E-state index is 12.1. The van der Waals surface area contributed by atoms with E-state index >= 15 is 0 Å². The average molecular weight is 307 g/mol. The van der Waals surface area contributed by atoms with Crippen LogP contribution in [0.4, 0.5) is 4.79 Å². The lowest BCUT2D eigenvalue weighted by Gasteiger charge is -2.25. The second kappa shape index (κ2) is 6.79. The van der Waals surface area contributed by atoms with Gasteiger partial charge in [0.1, 0.15) is 5.60 Å². The Morgan fingerprint density at radius 2 is 2.00 bits per heavy atom. The van der Waals surface area contributed by atoms with Gasteiger partial charge in [0, 0.05) is 0 Å². The number of amides is 1. The van der Waals surface area contributed by atoms with E-state index in [1.54, 1.807) is 20.8 Å². The molecule has 0 N–H and O–H groups in total. The zero-order valence-electron chi connectivity index (χ0n) is 13.1. The largest absolute Gasteiger partial charge is 0.444 e. The molecule has 0 aliphatic carbocycles. The van der Waals surface area contributed by atoms with E-state index in [1.165, 1.54) is 4.90 Å². The Bertz CT molecular complexity index is 523. The van der Waals surface area contributed by atoms with Crippen LogP contribution in [0.25, 0.3) is 0 Å². The van der Waals surface area contributed by atoms with Gasteiger partial charge in [-0.15, -0.1) is 0 Å². The molecule has 120 valence electrons. The van der Waals surface area contributed by atoms with E-state index in [4.69, 9.17) is 14.2 Å². The van der Waals surface area contributed by atoms with Crippen molar-refractivity contribution in [3.8, 4) is 0 Å². The molecule has 1 atom stereocenters. The SMILES string of the molecule is CC(C)(C)OC(=O)N1COC(=O)C1COCc1ccccc1. The number of cyclic esters (lactones) is 1. The van der Waals surface area contributed by atoms with Gasteiger partial charge < -0.3 is 14.2 Å². The van der Waals surface area contributed by atoms with Crippen LogP contribution in [0.3, 0.4) is 0 Å². The van der Waals surface area contributed by atoms with E-state index in [1.807, 2.05) is 30.3 Å². The molecule has 0 saturated carbocycles. The second-order valence-electron chi connectivity index (χ2n) is 6.06. The highest BCUT2D eigenvalue weighted by Crippen LogP contribution is 2.17. The molecule has 0 radical (unpaired) electrons. The molecule has 1 saturated heterocycles. The number of ether oxygens (including phenoxy) is 3. The third-order valence-corrected chi connectivity index (χ3v) is 3.01. The number of carbonyl (C=O) groups excluding carboxylic acids is 2. The van der Waals surface area contributed by atoms with Gasteiger partial charge in [0.25, 0.3) is 0 Å². The van der Waals surface area contributed by atoms with Crippen molar-refractivity contribution in [2.75, 3.05) is 13.3 Å². The van der Waals surface area contributed by atoms with Crippen molar-refractivity contribution in [3.63, 3.8) is 0 Å². The van der Waals surface area contributed by atoms with Crippen LogP contribution in [0.1, 0.15) is 26.3 Å². The predicted octanol–water partition coefficient (Wildman–Crippen LogP) is 2.32. The first-order valence-corrected chi connectivity index (χ1v) is 7.15. The summed E-state index contributed by atoms with van der Waals surface area (Å²) in [6.07, 6.45) is -0.577. The Morgan fingerprint density at radius 3 is 2.64 bits per heavy atom. The number of carbonyl (C=O) groups is 2. The van der Waals surface area contributed by atoms with Crippen LogP contribution >= 0.6 is 0 Å². The number of nitrogens with zero attached hydrogens (tertiary/aromatic N) is 1. The van der Waals surface area contributed by atoms with Gasteiger partial charge >= 0.3 is 12.1 Å². The molecule has 22 heavy (non-hydrogen) atoms. The van der Waals surface area contributed by atoms with E-state index in [0.717, 1.165) is 5.56 Å². The topological polar surface area (TPSA) is 65.1 Å². The van der Waals surface area contributed by atoms with E-state index in [9.17, 15) is 9.59 Å². The summed E-state index contributed by atoms with van der Waals surface area (Å²) in [5, 5.41) is 0. The van der Waals surface area contributed by atoms with Gasteiger partial charge in [0.2, 0.25) is 0 Å². The summed E-state index contributed by atoms with van der Waals surface area (Å²) < 4.78 is 15.7. The zero-order chi connectivity index (χ0) is 16.2. The van der Waals surface area contributed by atoms with Gasteiger partial charge in [0.15, 0.2) is 12.8 Å². The molecule has 6 nitrogen and oxygen atoms in total. The first-order chi connectivity index (χ1) is 10.4. The van der Waals surface area contributed by atoms with Crippen molar-refractivity contribution in [2.24, 2.45) is 0 Å². The predicted molar refractivity (Wildman–Crippen MR) is 78.9 cm³/mol. The van der Waals surface area contributed by atoms with Crippen LogP contribution in [0.5, 0.6) is 0 Å². The molecule has 1 aromatic carbocycles. The summed E-state index contributed by atoms with van der Waals surface area (Å²) in [7, 11) is 0. The fraction of sp³-hybridized carbons (Fsp3) is 0.500. The summed E-state index contributed by atoms with van der Waals surface area (Å²) in [6, 6.07) is 8.84. The fourth-order valence-electron chi connectivity index (χ4n) is 1.97. The lowest BCUT2D eigenvalue weighted by Crippen LogP contribution is -2.43. The highest BCUT2D eigenvalue weighted by molar-refractivity contribution is 5.84. The number of benzene rings is 1. The van der Waals surface area contributed by atoms with Crippen LogP contribution in [-0.2, 0) is 25.6 Å². The molecule has 1 aliphatic rings.